The number of para-hydroxylation sites is 1. The van der Waals surface area contributed by atoms with Gasteiger partial charge in [0.1, 0.15) is 5.75 Å². The van der Waals surface area contributed by atoms with E-state index in [1.54, 1.807) is 24.3 Å². The molecule has 1 aliphatic carbocycles. The molecular formula is C16H21ClN2O4. The Labute approximate surface area is 140 Å². The lowest BCUT2D eigenvalue weighted by Crippen LogP contribution is -2.55. The number of benzene rings is 1. The lowest BCUT2D eigenvalue weighted by atomic mass is 9.85. The quantitative estimate of drug-likeness (QED) is 0.754. The van der Waals surface area contributed by atoms with Gasteiger partial charge < -0.3 is 15.2 Å². The van der Waals surface area contributed by atoms with E-state index in [9.17, 15) is 9.59 Å². The number of carboxylic acids is 1. The van der Waals surface area contributed by atoms with E-state index in [-0.39, 0.29) is 31.1 Å². The molecule has 0 bridgehead atoms. The van der Waals surface area contributed by atoms with Crippen molar-refractivity contribution in [3.63, 3.8) is 0 Å². The first-order valence-corrected chi connectivity index (χ1v) is 8.00. The monoisotopic (exact) mass is 340 g/mol. The molecule has 126 valence electrons. The summed E-state index contributed by atoms with van der Waals surface area (Å²) in [7, 11) is 0. The number of rotatable bonds is 8. The lowest BCUT2D eigenvalue weighted by Gasteiger charge is -2.42. The van der Waals surface area contributed by atoms with Crippen LogP contribution in [0.3, 0.4) is 0 Å². The third-order valence-electron chi connectivity index (χ3n) is 3.93. The molecule has 0 spiro atoms. The van der Waals surface area contributed by atoms with Gasteiger partial charge in [0.15, 0.2) is 6.61 Å². The van der Waals surface area contributed by atoms with Crippen molar-refractivity contribution < 1.29 is 19.4 Å². The molecule has 7 heteroatoms. The van der Waals surface area contributed by atoms with Crippen LogP contribution in [0.1, 0.15) is 19.8 Å². The Hall–Kier alpha value is -1.79. The number of likely N-dealkylation sites (N-methyl/N-ethyl adjacent to an activating group) is 1. The van der Waals surface area contributed by atoms with Gasteiger partial charge in [-0.1, -0.05) is 30.7 Å². The zero-order valence-electron chi connectivity index (χ0n) is 13.0. The first-order valence-electron chi connectivity index (χ1n) is 7.62. The minimum Gasteiger partial charge on any atom is -0.482 e. The SMILES string of the molecule is CCN(CC(=O)O)C1CC(NC(=O)COc2ccccc2Cl)C1. The van der Waals surface area contributed by atoms with Crippen molar-refractivity contribution in [2.45, 2.75) is 31.8 Å². The van der Waals surface area contributed by atoms with E-state index in [4.69, 9.17) is 21.4 Å². The van der Waals surface area contributed by atoms with E-state index in [1.165, 1.54) is 0 Å². The fraction of sp³-hybridized carbons (Fsp3) is 0.500. The van der Waals surface area contributed by atoms with Crippen LogP contribution in [0.15, 0.2) is 24.3 Å². The minimum atomic E-state index is -0.826. The van der Waals surface area contributed by atoms with Gasteiger partial charge in [-0.2, -0.15) is 0 Å². The van der Waals surface area contributed by atoms with Gasteiger partial charge in [0.2, 0.25) is 0 Å². The van der Waals surface area contributed by atoms with Crippen molar-refractivity contribution in [3.05, 3.63) is 29.3 Å². The van der Waals surface area contributed by atoms with Crippen LogP contribution in [-0.2, 0) is 9.59 Å². The van der Waals surface area contributed by atoms with Crippen LogP contribution in [0.25, 0.3) is 0 Å². The van der Waals surface area contributed by atoms with E-state index in [0.29, 0.717) is 17.3 Å². The first kappa shape index (κ1) is 17.6. The number of ether oxygens (including phenoxy) is 1. The van der Waals surface area contributed by atoms with Crippen LogP contribution in [0.5, 0.6) is 5.75 Å². The highest BCUT2D eigenvalue weighted by Crippen LogP contribution is 2.26. The highest BCUT2D eigenvalue weighted by Gasteiger charge is 2.34. The van der Waals surface area contributed by atoms with E-state index in [1.807, 2.05) is 11.8 Å². The molecule has 0 aromatic heterocycles. The molecule has 0 unspecified atom stereocenters. The second-order valence-electron chi connectivity index (χ2n) is 5.57. The third kappa shape index (κ3) is 5.11. The van der Waals surface area contributed by atoms with Gasteiger partial charge in [-0.15, -0.1) is 0 Å². The number of carboxylic acid groups (broad SMARTS) is 1. The molecule has 1 aromatic rings. The van der Waals surface area contributed by atoms with Crippen molar-refractivity contribution in [3.8, 4) is 5.75 Å². The van der Waals surface area contributed by atoms with E-state index < -0.39 is 5.97 Å². The number of amides is 1. The molecule has 2 N–H and O–H groups in total. The standard InChI is InChI=1S/C16H21ClN2O4/c1-2-19(9-16(21)22)12-7-11(8-12)18-15(20)10-23-14-6-4-3-5-13(14)17/h3-6,11-12H,2,7-10H2,1H3,(H,18,20)(H,21,22). The maximum Gasteiger partial charge on any atom is 0.317 e. The van der Waals surface area contributed by atoms with Crippen LogP contribution in [0.4, 0.5) is 0 Å². The van der Waals surface area contributed by atoms with Gasteiger partial charge in [-0.25, -0.2) is 0 Å². The lowest BCUT2D eigenvalue weighted by molar-refractivity contribution is -0.139. The Morgan fingerprint density at radius 3 is 2.70 bits per heavy atom. The normalized spacial score (nSPS) is 20.0. The summed E-state index contributed by atoms with van der Waals surface area (Å²) in [5, 5.41) is 12.2. The summed E-state index contributed by atoms with van der Waals surface area (Å²) in [5.41, 5.74) is 0. The van der Waals surface area contributed by atoms with Crippen LogP contribution < -0.4 is 10.1 Å². The van der Waals surface area contributed by atoms with E-state index in [2.05, 4.69) is 5.32 Å². The maximum atomic E-state index is 11.9. The fourth-order valence-electron chi connectivity index (χ4n) is 2.65. The predicted octanol–water partition coefficient (Wildman–Crippen LogP) is 1.77. The topological polar surface area (TPSA) is 78.9 Å². The highest BCUT2D eigenvalue weighted by molar-refractivity contribution is 6.32. The predicted molar refractivity (Wildman–Crippen MR) is 86.8 cm³/mol. The molecule has 0 aliphatic heterocycles. The Morgan fingerprint density at radius 1 is 1.39 bits per heavy atom. The van der Waals surface area contributed by atoms with Crippen molar-refractivity contribution in [1.82, 2.24) is 10.2 Å². The van der Waals surface area contributed by atoms with Crippen LogP contribution >= 0.6 is 11.6 Å². The van der Waals surface area contributed by atoms with Gasteiger partial charge in [0, 0.05) is 12.1 Å². The number of nitrogens with one attached hydrogen (secondary N) is 1. The summed E-state index contributed by atoms with van der Waals surface area (Å²) >= 11 is 5.95. The molecule has 1 aliphatic rings. The summed E-state index contributed by atoms with van der Waals surface area (Å²) in [6, 6.07) is 7.28. The molecule has 0 heterocycles. The molecule has 2 rings (SSSR count). The largest absolute Gasteiger partial charge is 0.482 e. The molecule has 1 aromatic carbocycles. The van der Waals surface area contributed by atoms with E-state index in [0.717, 1.165) is 12.8 Å². The number of halogens is 1. The number of hydrogen-bond acceptors (Lipinski definition) is 4. The summed E-state index contributed by atoms with van der Waals surface area (Å²) in [6.07, 6.45) is 1.53. The number of aliphatic carboxylic acids is 1. The molecule has 23 heavy (non-hydrogen) atoms. The molecular weight excluding hydrogens is 320 g/mol. The second-order valence-corrected chi connectivity index (χ2v) is 5.97. The summed E-state index contributed by atoms with van der Waals surface area (Å²) in [5.74, 6) is -0.545. The molecule has 1 saturated carbocycles. The summed E-state index contributed by atoms with van der Waals surface area (Å²) < 4.78 is 5.38. The van der Waals surface area contributed by atoms with Crippen LogP contribution in [-0.4, -0.2) is 53.7 Å². The van der Waals surface area contributed by atoms with Crippen molar-refractivity contribution in [2.24, 2.45) is 0 Å². The average Bonchev–Trinajstić information content (AvgIpc) is 2.47. The second kappa shape index (κ2) is 8.17. The third-order valence-corrected chi connectivity index (χ3v) is 4.25. The first-order chi connectivity index (χ1) is 11.0. The van der Waals surface area contributed by atoms with Gasteiger partial charge in [0.25, 0.3) is 5.91 Å². The smallest absolute Gasteiger partial charge is 0.317 e. The van der Waals surface area contributed by atoms with Gasteiger partial charge in [-0.05, 0) is 31.5 Å². The number of carbonyl (C=O) groups is 2. The molecule has 1 amide bonds. The van der Waals surface area contributed by atoms with Crippen LogP contribution in [0, 0.1) is 0 Å². The maximum absolute atomic E-state index is 11.9. The van der Waals surface area contributed by atoms with Gasteiger partial charge in [-0.3, -0.25) is 14.5 Å². The Kier molecular flexibility index (Phi) is 6.24. The Morgan fingerprint density at radius 2 is 2.09 bits per heavy atom. The molecule has 0 atom stereocenters. The zero-order chi connectivity index (χ0) is 16.8. The average molecular weight is 341 g/mol. The highest BCUT2D eigenvalue weighted by atomic mass is 35.5. The summed E-state index contributed by atoms with van der Waals surface area (Å²) in [6.45, 7) is 2.58. The molecule has 6 nitrogen and oxygen atoms in total. The minimum absolute atomic E-state index is 0.0391. The molecule has 0 radical (unpaired) electrons. The van der Waals surface area contributed by atoms with Crippen molar-refractivity contribution in [1.29, 1.82) is 0 Å². The summed E-state index contributed by atoms with van der Waals surface area (Å²) in [4.78, 5) is 24.6. The van der Waals surface area contributed by atoms with Crippen molar-refractivity contribution >= 4 is 23.5 Å². The Bertz CT molecular complexity index is 561. The number of carbonyl (C=O) groups excluding carboxylic acids is 1. The Balaban J connectivity index is 1.70. The number of hydrogen-bond donors (Lipinski definition) is 2. The van der Waals surface area contributed by atoms with E-state index >= 15 is 0 Å². The molecule has 1 fully saturated rings. The zero-order valence-corrected chi connectivity index (χ0v) is 13.8. The van der Waals surface area contributed by atoms with Crippen LogP contribution in [0.2, 0.25) is 5.02 Å². The van der Waals surface area contributed by atoms with Gasteiger partial charge in [0.05, 0.1) is 11.6 Å². The molecule has 0 saturated heterocycles. The fourth-order valence-corrected chi connectivity index (χ4v) is 2.84. The number of nitrogens with zero attached hydrogens (tertiary/aromatic N) is 1. The van der Waals surface area contributed by atoms with Gasteiger partial charge >= 0.3 is 5.97 Å². The van der Waals surface area contributed by atoms with Crippen molar-refractivity contribution in [2.75, 3.05) is 19.7 Å².